The molecule has 0 saturated carbocycles. The highest BCUT2D eigenvalue weighted by Crippen LogP contribution is 2.25. The maximum atomic E-state index is 9.72. The highest BCUT2D eigenvalue weighted by Gasteiger charge is 2.15. The van der Waals surface area contributed by atoms with E-state index in [0.29, 0.717) is 17.3 Å². The summed E-state index contributed by atoms with van der Waals surface area (Å²) in [7, 11) is 0. The Kier molecular flexibility index (Phi) is 3.56. The molecule has 0 amide bonds. The molecule has 2 aromatic rings. The molecule has 0 aliphatic heterocycles. The SMILES string of the molecule is CC(C)(O)Cn1cc(-c2nc(Cl)ncc2Cl)cn1. The summed E-state index contributed by atoms with van der Waals surface area (Å²) < 4.78 is 1.63. The molecule has 18 heavy (non-hydrogen) atoms. The molecule has 0 bridgehead atoms. The maximum absolute atomic E-state index is 9.72. The van der Waals surface area contributed by atoms with Crippen LogP contribution in [0, 0.1) is 0 Å². The van der Waals surface area contributed by atoms with Crippen LogP contribution in [0.3, 0.4) is 0 Å². The van der Waals surface area contributed by atoms with Crippen LogP contribution in [0.25, 0.3) is 11.3 Å². The van der Waals surface area contributed by atoms with Crippen molar-refractivity contribution in [2.45, 2.75) is 26.0 Å². The maximum Gasteiger partial charge on any atom is 0.222 e. The van der Waals surface area contributed by atoms with Crippen molar-refractivity contribution in [3.8, 4) is 11.3 Å². The van der Waals surface area contributed by atoms with Crippen LogP contribution in [0.5, 0.6) is 0 Å². The largest absolute Gasteiger partial charge is 0.389 e. The van der Waals surface area contributed by atoms with Gasteiger partial charge < -0.3 is 5.11 Å². The zero-order chi connectivity index (χ0) is 13.3. The van der Waals surface area contributed by atoms with Gasteiger partial charge in [0.1, 0.15) is 0 Å². The summed E-state index contributed by atoms with van der Waals surface area (Å²) in [4.78, 5) is 7.85. The summed E-state index contributed by atoms with van der Waals surface area (Å²) in [5.41, 5.74) is 0.420. The second-order valence-electron chi connectivity index (χ2n) is 4.57. The average Bonchev–Trinajstić information content (AvgIpc) is 2.67. The summed E-state index contributed by atoms with van der Waals surface area (Å²) in [6, 6.07) is 0. The van der Waals surface area contributed by atoms with Gasteiger partial charge in [0.2, 0.25) is 5.28 Å². The summed E-state index contributed by atoms with van der Waals surface area (Å²) in [5.74, 6) is 0. The fourth-order valence-corrected chi connectivity index (χ4v) is 1.85. The molecule has 2 aromatic heterocycles. The van der Waals surface area contributed by atoms with Gasteiger partial charge in [-0.3, -0.25) is 4.68 Å². The molecule has 96 valence electrons. The Morgan fingerprint density at radius 3 is 2.72 bits per heavy atom. The third-order valence-corrected chi connectivity index (χ3v) is 2.63. The minimum atomic E-state index is -0.837. The first kappa shape index (κ1) is 13.3. The summed E-state index contributed by atoms with van der Waals surface area (Å²) in [6.07, 6.45) is 4.82. The van der Waals surface area contributed by atoms with Crippen LogP contribution < -0.4 is 0 Å². The Bertz CT molecular complexity index is 562. The smallest absolute Gasteiger partial charge is 0.222 e. The van der Waals surface area contributed by atoms with Gasteiger partial charge in [-0.2, -0.15) is 5.10 Å². The predicted octanol–water partition coefficient (Wildman–Crippen LogP) is 2.42. The van der Waals surface area contributed by atoms with Gasteiger partial charge in [0, 0.05) is 11.8 Å². The molecule has 2 rings (SSSR count). The molecule has 0 radical (unpaired) electrons. The van der Waals surface area contributed by atoms with Crippen LogP contribution in [-0.4, -0.2) is 30.5 Å². The van der Waals surface area contributed by atoms with E-state index in [-0.39, 0.29) is 5.28 Å². The van der Waals surface area contributed by atoms with Crippen molar-refractivity contribution in [2.24, 2.45) is 0 Å². The molecule has 1 N–H and O–H groups in total. The highest BCUT2D eigenvalue weighted by molar-refractivity contribution is 6.33. The van der Waals surface area contributed by atoms with E-state index in [0.717, 1.165) is 5.56 Å². The Morgan fingerprint density at radius 2 is 2.06 bits per heavy atom. The summed E-state index contributed by atoms with van der Waals surface area (Å²) >= 11 is 11.7. The first-order chi connectivity index (χ1) is 8.35. The van der Waals surface area contributed by atoms with Gasteiger partial charge in [0.25, 0.3) is 0 Å². The molecule has 5 nitrogen and oxygen atoms in total. The zero-order valence-electron chi connectivity index (χ0n) is 9.93. The molecule has 0 saturated heterocycles. The molecule has 0 aromatic carbocycles. The topological polar surface area (TPSA) is 63.8 Å². The van der Waals surface area contributed by atoms with Gasteiger partial charge in [-0.15, -0.1) is 0 Å². The molecule has 0 aliphatic carbocycles. The second-order valence-corrected chi connectivity index (χ2v) is 5.32. The second kappa shape index (κ2) is 4.84. The van der Waals surface area contributed by atoms with Gasteiger partial charge in [0.15, 0.2) is 0 Å². The Labute approximate surface area is 114 Å². The van der Waals surface area contributed by atoms with Crippen molar-refractivity contribution < 1.29 is 5.11 Å². The standard InChI is InChI=1S/C11H12Cl2N4O/c1-11(2,18)6-17-5-7(3-15-17)9-8(12)4-14-10(13)16-9/h3-5,18H,6H2,1-2H3. The van der Waals surface area contributed by atoms with Crippen molar-refractivity contribution in [3.05, 3.63) is 28.9 Å². The first-order valence-electron chi connectivity index (χ1n) is 5.28. The van der Waals surface area contributed by atoms with Crippen molar-refractivity contribution in [3.63, 3.8) is 0 Å². The molecular formula is C11H12Cl2N4O. The number of aliphatic hydroxyl groups is 1. The zero-order valence-corrected chi connectivity index (χ0v) is 11.4. The number of halogens is 2. The van der Waals surface area contributed by atoms with Crippen molar-refractivity contribution >= 4 is 23.2 Å². The number of rotatable bonds is 3. The molecule has 0 fully saturated rings. The van der Waals surface area contributed by atoms with Crippen molar-refractivity contribution in [1.82, 2.24) is 19.7 Å². The van der Waals surface area contributed by atoms with Crippen molar-refractivity contribution in [1.29, 1.82) is 0 Å². The van der Waals surface area contributed by atoms with Crippen LogP contribution in [-0.2, 0) is 6.54 Å². The number of hydrogen-bond donors (Lipinski definition) is 1. The van der Waals surface area contributed by atoms with E-state index >= 15 is 0 Å². The Hall–Kier alpha value is -1.17. The van der Waals surface area contributed by atoms with E-state index in [1.807, 2.05) is 0 Å². The fraction of sp³-hybridized carbons (Fsp3) is 0.364. The van der Waals surface area contributed by atoms with Gasteiger partial charge in [-0.05, 0) is 25.4 Å². The van der Waals surface area contributed by atoms with E-state index < -0.39 is 5.60 Å². The molecule has 2 heterocycles. The molecule has 7 heteroatoms. The van der Waals surface area contributed by atoms with Crippen LogP contribution in [0.15, 0.2) is 18.6 Å². The first-order valence-corrected chi connectivity index (χ1v) is 6.04. The van der Waals surface area contributed by atoms with Gasteiger partial charge in [-0.25, -0.2) is 9.97 Å². The van der Waals surface area contributed by atoms with E-state index in [2.05, 4.69) is 15.1 Å². The van der Waals surface area contributed by atoms with E-state index in [1.165, 1.54) is 6.20 Å². The van der Waals surface area contributed by atoms with E-state index in [1.54, 1.807) is 30.9 Å². The lowest BCUT2D eigenvalue weighted by molar-refractivity contribution is 0.0577. The van der Waals surface area contributed by atoms with E-state index in [4.69, 9.17) is 23.2 Å². The van der Waals surface area contributed by atoms with Gasteiger partial charge in [-0.1, -0.05) is 11.6 Å². The molecule has 0 aliphatic rings. The van der Waals surface area contributed by atoms with Crippen molar-refractivity contribution in [2.75, 3.05) is 0 Å². The molecule has 0 unspecified atom stereocenters. The lowest BCUT2D eigenvalue weighted by atomic mass is 10.1. The monoisotopic (exact) mass is 286 g/mol. The lowest BCUT2D eigenvalue weighted by Crippen LogP contribution is -2.26. The van der Waals surface area contributed by atoms with Crippen LogP contribution in [0.2, 0.25) is 10.3 Å². The minimum Gasteiger partial charge on any atom is -0.389 e. The van der Waals surface area contributed by atoms with E-state index in [9.17, 15) is 5.11 Å². The Balaban J connectivity index is 2.32. The normalized spacial score (nSPS) is 11.8. The third-order valence-electron chi connectivity index (χ3n) is 2.17. The number of hydrogen-bond acceptors (Lipinski definition) is 4. The summed E-state index contributed by atoms with van der Waals surface area (Å²) in [6.45, 7) is 3.80. The molecular weight excluding hydrogens is 275 g/mol. The minimum absolute atomic E-state index is 0.129. The quantitative estimate of drug-likeness (QED) is 0.880. The van der Waals surface area contributed by atoms with Crippen LogP contribution in [0.4, 0.5) is 0 Å². The van der Waals surface area contributed by atoms with Crippen LogP contribution in [0.1, 0.15) is 13.8 Å². The predicted molar refractivity (Wildman–Crippen MR) is 69.6 cm³/mol. The molecule has 0 atom stereocenters. The third kappa shape index (κ3) is 3.19. The number of aromatic nitrogens is 4. The summed E-state index contributed by atoms with van der Waals surface area (Å²) in [5, 5.41) is 14.4. The average molecular weight is 287 g/mol. The van der Waals surface area contributed by atoms with Gasteiger partial charge in [0.05, 0.1) is 35.3 Å². The number of nitrogens with zero attached hydrogens (tertiary/aromatic N) is 4. The van der Waals surface area contributed by atoms with Gasteiger partial charge >= 0.3 is 0 Å². The highest BCUT2D eigenvalue weighted by atomic mass is 35.5. The molecule has 0 spiro atoms. The Morgan fingerprint density at radius 1 is 1.33 bits per heavy atom. The van der Waals surface area contributed by atoms with Crippen LogP contribution >= 0.6 is 23.2 Å². The lowest BCUT2D eigenvalue weighted by Gasteiger charge is -2.16. The fourth-order valence-electron chi connectivity index (χ4n) is 1.52.